The highest BCUT2D eigenvalue weighted by Crippen LogP contribution is 2.26. The molecule has 3 rings (SSSR count). The number of ketones is 1. The molecule has 0 bridgehead atoms. The average molecular weight is 289 g/mol. The third kappa shape index (κ3) is 3.09. The molecule has 0 spiro atoms. The van der Waals surface area contributed by atoms with Crippen molar-refractivity contribution in [3.05, 3.63) is 34.9 Å². The highest BCUT2D eigenvalue weighted by Gasteiger charge is 2.24. The first-order valence-corrected chi connectivity index (χ1v) is 8.59. The number of fused-ring (bicyclic) bond motifs is 1. The summed E-state index contributed by atoms with van der Waals surface area (Å²) in [7, 11) is 0. The molecule has 0 saturated carbocycles. The van der Waals surface area contributed by atoms with Gasteiger partial charge in [0.05, 0.1) is 6.54 Å². The SMILES string of the molecule is CC1CN(CC(=O)c2ccc3c(c2)CCC3)CC(C)S1. The zero-order chi connectivity index (χ0) is 14.1. The van der Waals surface area contributed by atoms with Crippen molar-refractivity contribution in [1.82, 2.24) is 4.90 Å². The Balaban J connectivity index is 1.67. The minimum absolute atomic E-state index is 0.283. The maximum Gasteiger partial charge on any atom is 0.176 e. The number of nitrogens with zero attached hydrogens (tertiary/aromatic N) is 1. The van der Waals surface area contributed by atoms with E-state index in [4.69, 9.17) is 0 Å². The molecule has 1 saturated heterocycles. The molecule has 1 aliphatic carbocycles. The summed E-state index contributed by atoms with van der Waals surface area (Å²) in [4.78, 5) is 14.8. The largest absolute Gasteiger partial charge is 0.294 e. The summed E-state index contributed by atoms with van der Waals surface area (Å²) in [6.45, 7) is 7.16. The molecule has 108 valence electrons. The van der Waals surface area contributed by atoms with Gasteiger partial charge in [-0.25, -0.2) is 0 Å². The van der Waals surface area contributed by atoms with Crippen LogP contribution in [0.15, 0.2) is 18.2 Å². The molecule has 0 radical (unpaired) electrons. The maximum atomic E-state index is 12.5. The highest BCUT2D eigenvalue weighted by molar-refractivity contribution is 8.00. The fourth-order valence-electron chi connectivity index (χ4n) is 3.45. The fourth-order valence-corrected chi connectivity index (χ4v) is 4.84. The lowest BCUT2D eigenvalue weighted by atomic mass is 10.0. The van der Waals surface area contributed by atoms with E-state index in [-0.39, 0.29) is 5.78 Å². The monoisotopic (exact) mass is 289 g/mol. The van der Waals surface area contributed by atoms with Crippen LogP contribution in [0.1, 0.15) is 41.8 Å². The highest BCUT2D eigenvalue weighted by atomic mass is 32.2. The number of rotatable bonds is 3. The van der Waals surface area contributed by atoms with E-state index >= 15 is 0 Å². The van der Waals surface area contributed by atoms with E-state index in [1.54, 1.807) is 0 Å². The van der Waals surface area contributed by atoms with E-state index < -0.39 is 0 Å². The fraction of sp³-hybridized carbons (Fsp3) is 0.588. The second-order valence-corrected chi connectivity index (χ2v) is 8.09. The minimum Gasteiger partial charge on any atom is -0.294 e. The third-order valence-electron chi connectivity index (χ3n) is 4.28. The van der Waals surface area contributed by atoms with Crippen molar-refractivity contribution in [2.45, 2.75) is 43.6 Å². The van der Waals surface area contributed by atoms with Gasteiger partial charge >= 0.3 is 0 Å². The lowest BCUT2D eigenvalue weighted by Gasteiger charge is -2.34. The minimum atomic E-state index is 0.283. The number of Topliss-reactive ketones (excluding diaryl/α,β-unsaturated/α-hetero) is 1. The smallest absolute Gasteiger partial charge is 0.176 e. The summed E-state index contributed by atoms with van der Waals surface area (Å²) in [5.74, 6) is 0.283. The summed E-state index contributed by atoms with van der Waals surface area (Å²) in [5, 5.41) is 1.26. The number of hydrogen-bond donors (Lipinski definition) is 0. The molecule has 1 aliphatic heterocycles. The Kier molecular flexibility index (Phi) is 4.18. The molecule has 0 amide bonds. The Hall–Kier alpha value is -0.800. The van der Waals surface area contributed by atoms with Crippen LogP contribution in [0.4, 0.5) is 0 Å². The van der Waals surface area contributed by atoms with Gasteiger partial charge in [0.2, 0.25) is 0 Å². The van der Waals surface area contributed by atoms with Gasteiger partial charge in [-0.1, -0.05) is 26.0 Å². The number of aryl methyl sites for hydroxylation is 2. The van der Waals surface area contributed by atoms with Gasteiger partial charge < -0.3 is 0 Å². The van der Waals surface area contributed by atoms with Crippen molar-refractivity contribution in [1.29, 1.82) is 0 Å². The van der Waals surface area contributed by atoms with Gasteiger partial charge in [-0.15, -0.1) is 0 Å². The van der Waals surface area contributed by atoms with E-state index in [9.17, 15) is 4.79 Å². The van der Waals surface area contributed by atoms with Crippen LogP contribution in [0.5, 0.6) is 0 Å². The molecular weight excluding hydrogens is 266 g/mol. The van der Waals surface area contributed by atoms with Crippen LogP contribution in [0.3, 0.4) is 0 Å². The molecule has 0 N–H and O–H groups in total. The Morgan fingerprint density at radius 1 is 1.20 bits per heavy atom. The van der Waals surface area contributed by atoms with Crippen molar-refractivity contribution in [3.63, 3.8) is 0 Å². The first-order valence-electron chi connectivity index (χ1n) is 7.64. The Labute approximate surface area is 125 Å². The number of hydrogen-bond acceptors (Lipinski definition) is 3. The van der Waals surface area contributed by atoms with Gasteiger partial charge in [0.25, 0.3) is 0 Å². The van der Waals surface area contributed by atoms with Crippen molar-refractivity contribution >= 4 is 17.5 Å². The molecule has 3 heteroatoms. The number of benzene rings is 1. The van der Waals surface area contributed by atoms with E-state index in [0.29, 0.717) is 17.0 Å². The Morgan fingerprint density at radius 2 is 1.90 bits per heavy atom. The molecular formula is C17H23NOS. The maximum absolute atomic E-state index is 12.5. The third-order valence-corrected chi connectivity index (χ3v) is 5.51. The van der Waals surface area contributed by atoms with Crippen LogP contribution >= 0.6 is 11.8 Å². The van der Waals surface area contributed by atoms with E-state index in [1.165, 1.54) is 24.0 Å². The molecule has 1 aromatic carbocycles. The summed E-state index contributed by atoms with van der Waals surface area (Å²) in [5.41, 5.74) is 3.74. The zero-order valence-corrected chi connectivity index (χ0v) is 13.2. The van der Waals surface area contributed by atoms with Crippen LogP contribution in [0.25, 0.3) is 0 Å². The van der Waals surface area contributed by atoms with Crippen molar-refractivity contribution in [2.75, 3.05) is 19.6 Å². The molecule has 2 nitrogen and oxygen atoms in total. The first kappa shape index (κ1) is 14.2. The molecule has 1 heterocycles. The lowest BCUT2D eigenvalue weighted by Crippen LogP contribution is -2.42. The molecule has 1 aromatic rings. The molecule has 2 aliphatic rings. The topological polar surface area (TPSA) is 20.3 Å². The second-order valence-electron chi connectivity index (χ2n) is 6.21. The van der Waals surface area contributed by atoms with E-state index in [2.05, 4.69) is 30.9 Å². The number of thioether (sulfide) groups is 1. The normalized spacial score (nSPS) is 26.5. The lowest BCUT2D eigenvalue weighted by molar-refractivity contribution is 0.0930. The predicted molar refractivity (Wildman–Crippen MR) is 85.8 cm³/mol. The summed E-state index contributed by atoms with van der Waals surface area (Å²) in [6, 6.07) is 6.32. The van der Waals surface area contributed by atoms with Gasteiger partial charge in [0, 0.05) is 29.2 Å². The van der Waals surface area contributed by atoms with Crippen LogP contribution < -0.4 is 0 Å². The average Bonchev–Trinajstić information content (AvgIpc) is 2.84. The van der Waals surface area contributed by atoms with Crippen LogP contribution in [0, 0.1) is 0 Å². The van der Waals surface area contributed by atoms with Crippen molar-refractivity contribution in [3.8, 4) is 0 Å². The Morgan fingerprint density at radius 3 is 2.65 bits per heavy atom. The Bertz CT molecular complexity index is 504. The molecule has 20 heavy (non-hydrogen) atoms. The summed E-state index contributed by atoms with van der Waals surface area (Å²) in [6.07, 6.45) is 3.57. The number of carbonyl (C=O) groups excluding carboxylic acids is 1. The standard InChI is InChI=1S/C17H23NOS/c1-12-9-18(10-13(2)20-12)11-17(19)16-7-6-14-4-3-5-15(14)8-16/h6-8,12-13H,3-5,9-11H2,1-2H3. The van der Waals surface area contributed by atoms with Crippen LogP contribution in [-0.4, -0.2) is 40.8 Å². The first-order chi connectivity index (χ1) is 9.61. The van der Waals surface area contributed by atoms with Gasteiger partial charge in [-0.2, -0.15) is 11.8 Å². The van der Waals surface area contributed by atoms with Crippen molar-refractivity contribution in [2.24, 2.45) is 0 Å². The molecule has 2 unspecified atom stereocenters. The van der Waals surface area contributed by atoms with Crippen molar-refractivity contribution < 1.29 is 4.79 Å². The molecule has 2 atom stereocenters. The van der Waals surface area contributed by atoms with Gasteiger partial charge in [0.15, 0.2) is 5.78 Å². The van der Waals surface area contributed by atoms with Crippen LogP contribution in [0.2, 0.25) is 0 Å². The van der Waals surface area contributed by atoms with E-state index in [0.717, 1.165) is 25.1 Å². The van der Waals surface area contributed by atoms with Gasteiger partial charge in [-0.05, 0) is 36.5 Å². The second kappa shape index (κ2) is 5.90. The van der Waals surface area contributed by atoms with Gasteiger partial charge in [0.1, 0.15) is 0 Å². The zero-order valence-electron chi connectivity index (χ0n) is 12.4. The molecule has 0 aromatic heterocycles. The van der Waals surface area contributed by atoms with E-state index in [1.807, 2.05) is 17.8 Å². The summed E-state index contributed by atoms with van der Waals surface area (Å²) < 4.78 is 0. The number of carbonyl (C=O) groups is 1. The predicted octanol–water partition coefficient (Wildman–Crippen LogP) is 3.18. The summed E-state index contributed by atoms with van der Waals surface area (Å²) >= 11 is 2.03. The van der Waals surface area contributed by atoms with Gasteiger partial charge in [-0.3, -0.25) is 9.69 Å². The van der Waals surface area contributed by atoms with Crippen LogP contribution in [-0.2, 0) is 12.8 Å². The molecule has 1 fully saturated rings. The quantitative estimate of drug-likeness (QED) is 0.797.